The summed E-state index contributed by atoms with van der Waals surface area (Å²) in [5, 5.41) is 18.6. The van der Waals surface area contributed by atoms with Crippen molar-refractivity contribution in [3.63, 3.8) is 0 Å². The van der Waals surface area contributed by atoms with E-state index >= 15 is 0 Å². The summed E-state index contributed by atoms with van der Waals surface area (Å²) >= 11 is 14.5. The number of halogens is 10. The molecule has 4 aromatic rings. The number of carbonyl (C=O) groups excluding carboxylic acids is 1. The van der Waals surface area contributed by atoms with Gasteiger partial charge in [0.15, 0.2) is 0 Å². The highest BCUT2D eigenvalue weighted by molar-refractivity contribution is 9.11. The summed E-state index contributed by atoms with van der Waals surface area (Å²) in [5.74, 6) is -4.16. The van der Waals surface area contributed by atoms with Gasteiger partial charge in [0.25, 0.3) is 5.91 Å². The normalized spacial score (nSPS) is 10.3. The Morgan fingerprint density at radius 1 is 0.791 bits per heavy atom. The fraction of sp³-hybridized carbons (Fsp3) is 0.0357. The van der Waals surface area contributed by atoms with Gasteiger partial charge in [-0.25, -0.2) is 18.0 Å². The number of hydrogen-bond acceptors (Lipinski definition) is 3. The van der Waals surface area contributed by atoms with Gasteiger partial charge in [0.2, 0.25) is 0 Å². The Bertz CT molecular complexity index is 1640. The summed E-state index contributed by atoms with van der Waals surface area (Å²) in [6.45, 7) is 0. The predicted octanol–water partition coefficient (Wildman–Crippen LogP) is 10.3. The molecule has 0 atom stereocenters. The van der Waals surface area contributed by atoms with Gasteiger partial charge in [-0.1, -0.05) is 29.8 Å². The van der Waals surface area contributed by atoms with Gasteiger partial charge in [-0.05, 0) is 102 Å². The van der Waals surface area contributed by atoms with Crippen LogP contribution in [0, 0.1) is 28.8 Å². The van der Waals surface area contributed by atoms with Gasteiger partial charge in [-0.3, -0.25) is 4.79 Å². The molecule has 0 saturated carbocycles. The van der Waals surface area contributed by atoms with Crippen molar-refractivity contribution in [1.82, 2.24) is 0 Å². The van der Waals surface area contributed by atoms with E-state index in [4.69, 9.17) is 22.0 Å². The molecule has 4 rings (SSSR count). The number of carboxylic acid groups (broad SMARTS) is 1. The Balaban J connectivity index is 0.000000255. The highest BCUT2D eigenvalue weighted by Crippen LogP contribution is 2.36. The fourth-order valence-corrected chi connectivity index (χ4v) is 4.72. The van der Waals surface area contributed by atoms with Gasteiger partial charge < -0.3 is 10.4 Å². The lowest BCUT2D eigenvalue weighted by Crippen LogP contribution is -2.15. The van der Waals surface area contributed by atoms with E-state index in [-0.39, 0.29) is 31.3 Å². The van der Waals surface area contributed by atoms with E-state index < -0.39 is 46.1 Å². The Kier molecular flexibility index (Phi) is 13.2. The summed E-state index contributed by atoms with van der Waals surface area (Å²) in [5.41, 5.74) is -1.79. The molecule has 0 aliphatic heterocycles. The van der Waals surface area contributed by atoms with E-state index in [2.05, 4.69) is 53.1 Å². The molecular formula is C28H14Br3ClF6N2O3. The molecule has 0 unspecified atom stereocenters. The molecule has 5 nitrogen and oxygen atoms in total. The van der Waals surface area contributed by atoms with Crippen molar-refractivity contribution in [3.05, 3.63) is 131 Å². The molecule has 0 aromatic heterocycles. The molecule has 0 aliphatic carbocycles. The zero-order valence-corrected chi connectivity index (χ0v) is 26.4. The van der Waals surface area contributed by atoms with Gasteiger partial charge >= 0.3 is 12.1 Å². The third-order valence-corrected chi connectivity index (χ3v) is 7.28. The van der Waals surface area contributed by atoms with Crippen molar-refractivity contribution >= 4 is 77.0 Å². The van der Waals surface area contributed by atoms with Crippen LogP contribution < -0.4 is 5.32 Å². The molecule has 224 valence electrons. The number of nitriles is 1. The van der Waals surface area contributed by atoms with Crippen molar-refractivity contribution in [2.75, 3.05) is 5.32 Å². The minimum Gasteiger partial charge on any atom is -0.478 e. The van der Waals surface area contributed by atoms with Crippen LogP contribution in [-0.4, -0.2) is 17.0 Å². The minimum absolute atomic E-state index is 0.0579. The van der Waals surface area contributed by atoms with Gasteiger partial charge in [0, 0.05) is 19.1 Å². The molecule has 0 fully saturated rings. The number of benzene rings is 4. The number of nitrogens with one attached hydrogen (secondary N) is 1. The Morgan fingerprint density at radius 3 is 1.67 bits per heavy atom. The fourth-order valence-electron chi connectivity index (χ4n) is 3.04. The molecule has 0 aliphatic rings. The molecule has 1 amide bonds. The Hall–Kier alpha value is -3.38. The summed E-state index contributed by atoms with van der Waals surface area (Å²) in [7, 11) is 0. The van der Waals surface area contributed by atoms with Crippen molar-refractivity contribution in [3.8, 4) is 6.07 Å². The number of carbonyl (C=O) groups is 2. The standard InChI is InChI=1S/C14H7BrClF4NO.C7H3BrFN.C7H4BrFO2/c15-9-2-1-3-11(17)12(9)13(22)21-7-4-5-10(16)8(6-7)14(18,19)20;8-6-2-1-3-7(9)5(6)4-10;8-4-2-1-3-5(9)6(4)7(10)11/h1-6H,(H,21,22);1-3H;1-3H,(H,10,11). The Labute approximate surface area is 270 Å². The first-order valence-electron chi connectivity index (χ1n) is 11.2. The number of rotatable bonds is 3. The molecule has 4 aromatic carbocycles. The second-order valence-corrected chi connectivity index (χ2v) is 10.8. The van der Waals surface area contributed by atoms with Crippen LogP contribution in [0.1, 0.15) is 31.8 Å². The summed E-state index contributed by atoms with van der Waals surface area (Å²) in [4.78, 5) is 22.4. The van der Waals surface area contributed by atoms with Gasteiger partial charge in [-0.15, -0.1) is 0 Å². The molecule has 0 heterocycles. The number of carboxylic acids is 1. The van der Waals surface area contributed by atoms with E-state index in [1.54, 1.807) is 18.2 Å². The molecular weight excluding hydrogens is 801 g/mol. The van der Waals surface area contributed by atoms with Crippen LogP contribution in [0.4, 0.5) is 32.0 Å². The number of nitrogens with zero attached hydrogens (tertiary/aromatic N) is 1. The number of aromatic carboxylic acids is 1. The quantitative estimate of drug-likeness (QED) is 0.202. The number of alkyl halides is 3. The van der Waals surface area contributed by atoms with E-state index in [1.807, 2.05) is 0 Å². The SMILES string of the molecule is N#Cc1c(F)cccc1Br.O=C(Nc1ccc(Cl)c(C(F)(F)F)c1)c1c(F)cccc1Br.O=C(O)c1c(F)cccc1Br. The van der Waals surface area contributed by atoms with E-state index in [1.165, 1.54) is 36.4 Å². The third-order valence-electron chi connectivity index (χ3n) is 4.97. The largest absolute Gasteiger partial charge is 0.478 e. The highest BCUT2D eigenvalue weighted by Gasteiger charge is 2.33. The van der Waals surface area contributed by atoms with Crippen LogP contribution in [-0.2, 0) is 6.18 Å². The lowest BCUT2D eigenvalue weighted by atomic mass is 10.1. The van der Waals surface area contributed by atoms with Crippen LogP contribution in [0.3, 0.4) is 0 Å². The molecule has 0 spiro atoms. The third kappa shape index (κ3) is 10.1. The maximum atomic E-state index is 13.6. The second-order valence-electron chi connectivity index (χ2n) is 7.85. The lowest BCUT2D eigenvalue weighted by Gasteiger charge is -2.12. The molecule has 0 saturated heterocycles. The maximum Gasteiger partial charge on any atom is 0.417 e. The number of hydrogen-bond donors (Lipinski definition) is 2. The average Bonchev–Trinajstić information content (AvgIpc) is 2.90. The topological polar surface area (TPSA) is 90.2 Å². The van der Waals surface area contributed by atoms with Crippen LogP contribution in [0.2, 0.25) is 5.02 Å². The predicted molar refractivity (Wildman–Crippen MR) is 158 cm³/mol. The molecule has 0 bridgehead atoms. The van der Waals surface area contributed by atoms with E-state index in [0.717, 1.165) is 18.2 Å². The van der Waals surface area contributed by atoms with Crippen LogP contribution >= 0.6 is 59.4 Å². The van der Waals surface area contributed by atoms with E-state index in [0.29, 0.717) is 10.5 Å². The van der Waals surface area contributed by atoms with E-state index in [9.17, 15) is 35.9 Å². The molecule has 15 heteroatoms. The molecule has 43 heavy (non-hydrogen) atoms. The number of anilines is 1. The first kappa shape index (κ1) is 35.8. The molecule has 2 N–H and O–H groups in total. The average molecular weight is 816 g/mol. The zero-order chi connectivity index (χ0) is 32.5. The minimum atomic E-state index is -4.66. The van der Waals surface area contributed by atoms with Crippen molar-refractivity contribution in [2.45, 2.75) is 6.18 Å². The van der Waals surface area contributed by atoms with Gasteiger partial charge in [0.1, 0.15) is 34.6 Å². The monoisotopic (exact) mass is 812 g/mol. The molecule has 0 radical (unpaired) electrons. The van der Waals surface area contributed by atoms with Crippen LogP contribution in [0.5, 0.6) is 0 Å². The first-order chi connectivity index (χ1) is 20.1. The van der Waals surface area contributed by atoms with Gasteiger partial charge in [0.05, 0.1) is 16.1 Å². The summed E-state index contributed by atoms with van der Waals surface area (Å²) < 4.78 is 78.1. The van der Waals surface area contributed by atoms with Crippen molar-refractivity contribution < 1.29 is 41.0 Å². The smallest absolute Gasteiger partial charge is 0.417 e. The zero-order valence-electron chi connectivity index (χ0n) is 20.9. The summed E-state index contributed by atoms with van der Waals surface area (Å²) in [6, 6.07) is 17.0. The second kappa shape index (κ2) is 15.9. The lowest BCUT2D eigenvalue weighted by molar-refractivity contribution is -0.137. The first-order valence-corrected chi connectivity index (χ1v) is 14.0. The highest BCUT2D eigenvalue weighted by atomic mass is 79.9. The van der Waals surface area contributed by atoms with Crippen LogP contribution in [0.25, 0.3) is 0 Å². The van der Waals surface area contributed by atoms with Crippen LogP contribution in [0.15, 0.2) is 86.2 Å². The van der Waals surface area contributed by atoms with Gasteiger partial charge in [-0.2, -0.15) is 18.4 Å². The van der Waals surface area contributed by atoms with Crippen molar-refractivity contribution in [1.29, 1.82) is 5.26 Å². The summed E-state index contributed by atoms with van der Waals surface area (Å²) in [6.07, 6.45) is -4.66. The maximum absolute atomic E-state index is 13.6. The number of amides is 1. The van der Waals surface area contributed by atoms with Crippen molar-refractivity contribution in [2.24, 2.45) is 0 Å². The Morgan fingerprint density at radius 2 is 1.28 bits per heavy atom.